The van der Waals surface area contributed by atoms with Gasteiger partial charge in [-0.15, -0.1) is 0 Å². The van der Waals surface area contributed by atoms with Crippen molar-refractivity contribution in [2.75, 3.05) is 30.1 Å². The summed E-state index contributed by atoms with van der Waals surface area (Å²) in [5.74, 6) is -0.366. The van der Waals surface area contributed by atoms with Crippen molar-refractivity contribution >= 4 is 33.5 Å². The van der Waals surface area contributed by atoms with Crippen LogP contribution in [0.15, 0.2) is 0 Å². The molecule has 0 aliphatic carbocycles. The lowest BCUT2D eigenvalue weighted by Crippen LogP contribution is -2.32. The molecular formula is C10H20N2O5S2. The molecule has 0 bridgehead atoms. The average Bonchev–Trinajstić information content (AvgIpc) is 2.34. The van der Waals surface area contributed by atoms with Gasteiger partial charge < -0.3 is 16.2 Å². The molecule has 0 aromatic rings. The van der Waals surface area contributed by atoms with Crippen LogP contribution in [0, 0.1) is 0 Å². The molecule has 0 saturated carbocycles. The smallest absolute Gasteiger partial charge is 0.322 e. The molecule has 0 aromatic carbocycles. The fourth-order valence-corrected chi connectivity index (χ4v) is 3.95. The van der Waals surface area contributed by atoms with E-state index in [2.05, 4.69) is 4.74 Å². The topological polar surface area (TPSA) is 130 Å². The predicted molar refractivity (Wildman–Crippen MR) is 74.4 cm³/mol. The van der Waals surface area contributed by atoms with Gasteiger partial charge in [0.25, 0.3) is 0 Å². The zero-order chi connectivity index (χ0) is 14.9. The fourth-order valence-electron chi connectivity index (χ4n) is 1.13. The summed E-state index contributed by atoms with van der Waals surface area (Å²) in [7, 11) is -1.98. The average molecular weight is 312 g/mol. The van der Waals surface area contributed by atoms with Crippen LogP contribution in [-0.2, 0) is 24.2 Å². The van der Waals surface area contributed by atoms with Crippen LogP contribution < -0.4 is 11.5 Å². The lowest BCUT2D eigenvalue weighted by molar-refractivity contribution is -0.142. The third-order valence-corrected chi connectivity index (χ3v) is 5.20. The Morgan fingerprint density at radius 2 is 1.89 bits per heavy atom. The lowest BCUT2D eigenvalue weighted by atomic mass is 10.2. The first-order valence-electron chi connectivity index (χ1n) is 5.68. The zero-order valence-electron chi connectivity index (χ0n) is 10.8. The molecular weight excluding hydrogens is 292 g/mol. The number of ether oxygens (including phenoxy) is 1. The van der Waals surface area contributed by atoms with Crippen LogP contribution in [0.1, 0.15) is 12.8 Å². The maximum Gasteiger partial charge on any atom is 0.322 e. The molecule has 9 heteroatoms. The van der Waals surface area contributed by atoms with Crippen molar-refractivity contribution in [2.45, 2.75) is 18.9 Å². The SMILES string of the molecule is COC(=O)C(N)CCSCCS(=O)(=O)CCC(N)=O. The molecule has 1 atom stereocenters. The summed E-state index contributed by atoms with van der Waals surface area (Å²) in [5, 5.41) is 0. The number of thioether (sulfide) groups is 1. The summed E-state index contributed by atoms with van der Waals surface area (Å²) in [6.45, 7) is 0. The molecule has 0 aromatic heterocycles. The number of primary amides is 1. The summed E-state index contributed by atoms with van der Waals surface area (Å²) in [6, 6.07) is -0.677. The van der Waals surface area contributed by atoms with E-state index in [-0.39, 0.29) is 17.9 Å². The Morgan fingerprint density at radius 3 is 2.42 bits per heavy atom. The molecule has 7 nitrogen and oxygen atoms in total. The van der Waals surface area contributed by atoms with Crippen LogP contribution in [0.4, 0.5) is 0 Å². The molecule has 0 saturated heterocycles. The quantitative estimate of drug-likeness (QED) is 0.387. The van der Waals surface area contributed by atoms with Crippen molar-refractivity contribution in [3.05, 3.63) is 0 Å². The molecule has 1 amide bonds. The molecule has 0 spiro atoms. The number of carbonyl (C=O) groups is 2. The first-order chi connectivity index (χ1) is 8.78. The van der Waals surface area contributed by atoms with Crippen molar-refractivity contribution in [3.63, 3.8) is 0 Å². The van der Waals surface area contributed by atoms with Crippen LogP contribution in [0.5, 0.6) is 0 Å². The summed E-state index contributed by atoms with van der Waals surface area (Å²) in [6.07, 6.45) is 0.277. The van der Waals surface area contributed by atoms with E-state index >= 15 is 0 Å². The molecule has 0 radical (unpaired) electrons. The van der Waals surface area contributed by atoms with Gasteiger partial charge in [0.2, 0.25) is 5.91 Å². The maximum atomic E-state index is 11.5. The van der Waals surface area contributed by atoms with E-state index in [1.54, 1.807) is 0 Å². The van der Waals surface area contributed by atoms with E-state index in [0.717, 1.165) is 0 Å². The van der Waals surface area contributed by atoms with Crippen molar-refractivity contribution in [3.8, 4) is 0 Å². The Kier molecular flexibility index (Phi) is 8.77. The number of hydrogen-bond acceptors (Lipinski definition) is 7. The third kappa shape index (κ3) is 9.74. The Bertz CT molecular complexity index is 397. The number of nitrogens with two attached hydrogens (primary N) is 2. The molecule has 1 unspecified atom stereocenters. The van der Waals surface area contributed by atoms with Crippen molar-refractivity contribution in [2.24, 2.45) is 11.5 Å². The highest BCUT2D eigenvalue weighted by Crippen LogP contribution is 2.07. The largest absolute Gasteiger partial charge is 0.468 e. The van der Waals surface area contributed by atoms with Gasteiger partial charge >= 0.3 is 5.97 Å². The van der Waals surface area contributed by atoms with Gasteiger partial charge in [-0.1, -0.05) is 0 Å². The van der Waals surface area contributed by atoms with Gasteiger partial charge in [0, 0.05) is 12.2 Å². The minimum absolute atomic E-state index is 0.0155. The van der Waals surface area contributed by atoms with E-state index in [1.807, 2.05) is 0 Å². The van der Waals surface area contributed by atoms with Gasteiger partial charge in [-0.2, -0.15) is 11.8 Å². The highest BCUT2D eigenvalue weighted by Gasteiger charge is 2.14. The second-order valence-electron chi connectivity index (χ2n) is 3.90. The number of carbonyl (C=O) groups excluding carboxylic acids is 2. The molecule has 0 aliphatic heterocycles. The summed E-state index contributed by atoms with van der Waals surface area (Å²) in [5.41, 5.74) is 10.4. The molecule has 4 N–H and O–H groups in total. The Hall–Kier alpha value is -0.800. The number of methoxy groups -OCH3 is 1. The molecule has 0 fully saturated rings. The minimum Gasteiger partial charge on any atom is -0.468 e. The Labute approximate surface area is 117 Å². The van der Waals surface area contributed by atoms with E-state index in [1.165, 1.54) is 18.9 Å². The van der Waals surface area contributed by atoms with Gasteiger partial charge in [0.1, 0.15) is 6.04 Å². The summed E-state index contributed by atoms with van der Waals surface area (Å²) < 4.78 is 27.4. The van der Waals surface area contributed by atoms with E-state index in [4.69, 9.17) is 11.5 Å². The first-order valence-corrected chi connectivity index (χ1v) is 8.66. The van der Waals surface area contributed by atoms with Crippen molar-refractivity contribution in [1.29, 1.82) is 0 Å². The van der Waals surface area contributed by atoms with Gasteiger partial charge in [0.15, 0.2) is 9.84 Å². The van der Waals surface area contributed by atoms with Gasteiger partial charge in [-0.3, -0.25) is 9.59 Å². The first kappa shape index (κ1) is 18.2. The summed E-state index contributed by atoms with van der Waals surface area (Å²) >= 11 is 1.39. The summed E-state index contributed by atoms with van der Waals surface area (Å²) in [4.78, 5) is 21.5. The number of sulfone groups is 1. The van der Waals surface area contributed by atoms with Crippen molar-refractivity contribution < 1.29 is 22.7 Å². The van der Waals surface area contributed by atoms with Crippen LogP contribution in [0.25, 0.3) is 0 Å². The van der Waals surface area contributed by atoms with Gasteiger partial charge in [-0.25, -0.2) is 8.42 Å². The molecule has 0 heterocycles. The van der Waals surface area contributed by atoms with Crippen LogP contribution in [0.2, 0.25) is 0 Å². The normalized spacial score (nSPS) is 12.9. The molecule has 19 heavy (non-hydrogen) atoms. The predicted octanol–water partition coefficient (Wildman–Crippen LogP) is -1.10. The third-order valence-electron chi connectivity index (χ3n) is 2.28. The monoisotopic (exact) mass is 312 g/mol. The maximum absolute atomic E-state index is 11.5. The van der Waals surface area contributed by atoms with Gasteiger partial charge in [0.05, 0.1) is 18.6 Å². The Morgan fingerprint density at radius 1 is 1.26 bits per heavy atom. The van der Waals surface area contributed by atoms with Crippen LogP contribution in [0.3, 0.4) is 0 Å². The van der Waals surface area contributed by atoms with E-state index < -0.39 is 27.8 Å². The number of amides is 1. The molecule has 112 valence electrons. The Balaban J connectivity index is 3.74. The van der Waals surface area contributed by atoms with E-state index in [9.17, 15) is 18.0 Å². The minimum atomic E-state index is -3.24. The number of rotatable bonds is 10. The second kappa shape index (κ2) is 9.16. The van der Waals surface area contributed by atoms with Crippen LogP contribution in [-0.4, -0.2) is 56.5 Å². The number of hydrogen-bond donors (Lipinski definition) is 2. The second-order valence-corrected chi connectivity index (χ2v) is 7.43. The van der Waals surface area contributed by atoms with E-state index in [0.29, 0.717) is 17.9 Å². The highest BCUT2D eigenvalue weighted by molar-refractivity contribution is 8.00. The lowest BCUT2D eigenvalue weighted by Gasteiger charge is -2.08. The molecule has 0 rings (SSSR count). The fraction of sp³-hybridized carbons (Fsp3) is 0.800. The molecule has 0 aliphatic rings. The number of esters is 1. The van der Waals surface area contributed by atoms with Gasteiger partial charge in [-0.05, 0) is 12.2 Å². The highest BCUT2D eigenvalue weighted by atomic mass is 32.2. The van der Waals surface area contributed by atoms with Crippen LogP contribution >= 0.6 is 11.8 Å². The van der Waals surface area contributed by atoms with Crippen molar-refractivity contribution in [1.82, 2.24) is 0 Å². The standard InChI is InChI=1S/C10H20N2O5S2/c1-17-10(14)8(11)2-4-18-5-7-19(15,16)6-3-9(12)13/h8H,2-7,11H2,1H3,(H2,12,13). The zero-order valence-corrected chi connectivity index (χ0v) is 12.5.